The van der Waals surface area contributed by atoms with Crippen molar-refractivity contribution in [1.82, 2.24) is 0 Å². The van der Waals surface area contributed by atoms with Crippen LogP contribution >= 0.6 is 0 Å². The SMILES string of the molecule is CC(C)(C)[Si](C)(C)OC(C#N)c1cccc(Oc2ccccc2)c1. The van der Waals surface area contributed by atoms with Crippen molar-refractivity contribution in [3.63, 3.8) is 0 Å². The highest BCUT2D eigenvalue weighted by atomic mass is 28.4. The van der Waals surface area contributed by atoms with E-state index in [4.69, 9.17) is 9.16 Å². The van der Waals surface area contributed by atoms with Crippen molar-refractivity contribution in [1.29, 1.82) is 5.26 Å². The number of nitrogens with zero attached hydrogens (tertiary/aromatic N) is 1. The molecule has 0 aromatic heterocycles. The van der Waals surface area contributed by atoms with Gasteiger partial charge in [0.2, 0.25) is 0 Å². The van der Waals surface area contributed by atoms with E-state index in [1.54, 1.807) is 0 Å². The van der Waals surface area contributed by atoms with Crippen LogP contribution in [0.3, 0.4) is 0 Å². The summed E-state index contributed by atoms with van der Waals surface area (Å²) in [7, 11) is -2.03. The second kappa shape index (κ2) is 7.21. The van der Waals surface area contributed by atoms with Crippen molar-refractivity contribution in [3.05, 3.63) is 60.2 Å². The van der Waals surface area contributed by atoms with Crippen LogP contribution < -0.4 is 4.74 Å². The smallest absolute Gasteiger partial charge is 0.194 e. The fourth-order valence-corrected chi connectivity index (χ4v) is 3.14. The van der Waals surface area contributed by atoms with E-state index in [1.165, 1.54) is 0 Å². The van der Waals surface area contributed by atoms with Crippen LogP contribution in [-0.2, 0) is 4.43 Å². The summed E-state index contributed by atoms with van der Waals surface area (Å²) in [6, 6.07) is 19.5. The molecular weight excluding hydrogens is 314 g/mol. The summed E-state index contributed by atoms with van der Waals surface area (Å²) in [5, 5.41) is 9.65. The minimum Gasteiger partial charge on any atom is -0.457 e. The summed E-state index contributed by atoms with van der Waals surface area (Å²) in [4.78, 5) is 0. The second-order valence-electron chi connectivity index (χ2n) is 7.37. The van der Waals surface area contributed by atoms with E-state index >= 15 is 0 Å². The molecule has 0 aliphatic carbocycles. The summed E-state index contributed by atoms with van der Waals surface area (Å²) in [5.41, 5.74) is 0.829. The highest BCUT2D eigenvalue weighted by molar-refractivity contribution is 6.74. The predicted molar refractivity (Wildman–Crippen MR) is 99.6 cm³/mol. The van der Waals surface area contributed by atoms with E-state index in [1.807, 2.05) is 54.6 Å². The molecule has 0 fully saturated rings. The Balaban J connectivity index is 2.21. The number of rotatable bonds is 5. The average Bonchev–Trinajstić information content (AvgIpc) is 2.53. The summed E-state index contributed by atoms with van der Waals surface area (Å²) in [5.74, 6) is 1.48. The summed E-state index contributed by atoms with van der Waals surface area (Å²) < 4.78 is 12.1. The first kappa shape index (κ1) is 18.2. The quantitative estimate of drug-likeness (QED) is 0.621. The lowest BCUT2D eigenvalue weighted by Gasteiger charge is -2.37. The molecule has 0 saturated carbocycles. The van der Waals surface area contributed by atoms with E-state index in [0.717, 1.165) is 11.3 Å². The lowest BCUT2D eigenvalue weighted by molar-refractivity contribution is 0.235. The molecule has 0 N–H and O–H groups in total. The number of ether oxygens (including phenoxy) is 1. The molecule has 2 rings (SSSR count). The van der Waals surface area contributed by atoms with Gasteiger partial charge in [0, 0.05) is 0 Å². The molecule has 3 nitrogen and oxygen atoms in total. The van der Waals surface area contributed by atoms with Gasteiger partial charge in [-0.2, -0.15) is 5.26 Å². The number of benzene rings is 2. The van der Waals surface area contributed by atoms with Gasteiger partial charge < -0.3 is 9.16 Å². The average molecular weight is 340 g/mol. The summed E-state index contributed by atoms with van der Waals surface area (Å²) in [6.07, 6.45) is -0.579. The van der Waals surface area contributed by atoms with Crippen molar-refractivity contribution < 1.29 is 9.16 Å². The third-order valence-electron chi connectivity index (χ3n) is 4.48. The third-order valence-corrected chi connectivity index (χ3v) is 8.91. The number of hydrogen-bond acceptors (Lipinski definition) is 3. The van der Waals surface area contributed by atoms with Gasteiger partial charge in [-0.15, -0.1) is 0 Å². The van der Waals surface area contributed by atoms with Crippen LogP contribution in [0.4, 0.5) is 0 Å². The van der Waals surface area contributed by atoms with Crippen molar-refractivity contribution in [2.24, 2.45) is 0 Å². The first-order chi connectivity index (χ1) is 11.2. The maximum Gasteiger partial charge on any atom is 0.194 e. The van der Waals surface area contributed by atoms with E-state index in [2.05, 4.69) is 39.9 Å². The first-order valence-corrected chi connectivity index (χ1v) is 11.0. The lowest BCUT2D eigenvalue weighted by atomic mass is 10.1. The van der Waals surface area contributed by atoms with Gasteiger partial charge in [-0.25, -0.2) is 0 Å². The Kier molecular flexibility index (Phi) is 5.48. The molecular formula is C20H25NO2Si. The zero-order valence-corrected chi connectivity index (χ0v) is 16.0. The van der Waals surface area contributed by atoms with Gasteiger partial charge in [0.25, 0.3) is 0 Å². The standard InChI is InChI=1S/C20H25NO2Si/c1-20(2,3)24(4,5)23-19(15-21)16-10-9-13-18(14-16)22-17-11-7-6-8-12-17/h6-14,19H,1-5H3. The molecule has 0 aliphatic heterocycles. The number of hydrogen-bond donors (Lipinski definition) is 0. The molecule has 0 heterocycles. The molecule has 0 amide bonds. The fraction of sp³-hybridized carbons (Fsp3) is 0.350. The van der Waals surface area contributed by atoms with Gasteiger partial charge in [-0.05, 0) is 48.0 Å². The molecule has 0 saturated heterocycles. The molecule has 2 aromatic carbocycles. The summed E-state index contributed by atoms with van der Waals surface area (Å²) >= 11 is 0. The minimum absolute atomic E-state index is 0.0558. The monoisotopic (exact) mass is 339 g/mol. The normalized spacial score (nSPS) is 13.2. The van der Waals surface area contributed by atoms with Crippen molar-refractivity contribution in [2.75, 3.05) is 0 Å². The van der Waals surface area contributed by atoms with Crippen LogP contribution in [0.2, 0.25) is 18.1 Å². The van der Waals surface area contributed by atoms with E-state index in [0.29, 0.717) is 5.75 Å². The third kappa shape index (κ3) is 4.47. The van der Waals surface area contributed by atoms with E-state index < -0.39 is 14.4 Å². The predicted octanol–water partition coefficient (Wildman–Crippen LogP) is 6.07. The lowest BCUT2D eigenvalue weighted by Crippen LogP contribution is -2.41. The Morgan fingerprint density at radius 2 is 1.58 bits per heavy atom. The molecule has 0 spiro atoms. The largest absolute Gasteiger partial charge is 0.457 e. The number of nitriles is 1. The van der Waals surface area contributed by atoms with Crippen molar-refractivity contribution >= 4 is 8.32 Å². The molecule has 1 atom stereocenters. The molecule has 2 aromatic rings. The minimum atomic E-state index is -2.03. The van der Waals surface area contributed by atoms with Crippen LogP contribution in [0.5, 0.6) is 11.5 Å². The van der Waals surface area contributed by atoms with Crippen molar-refractivity contribution in [2.45, 2.75) is 45.0 Å². The van der Waals surface area contributed by atoms with Crippen LogP contribution in [-0.4, -0.2) is 8.32 Å². The van der Waals surface area contributed by atoms with Crippen LogP contribution in [0, 0.1) is 11.3 Å². The Labute approximate surface area is 146 Å². The Morgan fingerprint density at radius 1 is 0.958 bits per heavy atom. The van der Waals surface area contributed by atoms with Gasteiger partial charge in [0.05, 0.1) is 6.07 Å². The summed E-state index contributed by atoms with van der Waals surface area (Å²) in [6.45, 7) is 10.8. The maximum absolute atomic E-state index is 9.60. The number of para-hydroxylation sites is 1. The fourth-order valence-electron chi connectivity index (χ4n) is 2.01. The van der Waals surface area contributed by atoms with Gasteiger partial charge in [-0.3, -0.25) is 0 Å². The maximum atomic E-state index is 9.60. The highest BCUT2D eigenvalue weighted by Gasteiger charge is 2.39. The second-order valence-corrected chi connectivity index (χ2v) is 12.1. The van der Waals surface area contributed by atoms with Crippen LogP contribution in [0.25, 0.3) is 0 Å². The van der Waals surface area contributed by atoms with Gasteiger partial charge >= 0.3 is 0 Å². The Bertz CT molecular complexity index is 714. The molecule has 24 heavy (non-hydrogen) atoms. The van der Waals surface area contributed by atoms with Crippen molar-refractivity contribution in [3.8, 4) is 17.6 Å². The first-order valence-electron chi connectivity index (χ1n) is 8.13. The van der Waals surface area contributed by atoms with Crippen LogP contribution in [0.15, 0.2) is 54.6 Å². The van der Waals surface area contributed by atoms with E-state index in [-0.39, 0.29) is 5.04 Å². The molecule has 0 radical (unpaired) electrons. The Hall–Kier alpha value is -2.09. The molecule has 1 unspecified atom stereocenters. The molecule has 126 valence electrons. The molecule has 0 bridgehead atoms. The Morgan fingerprint density at radius 3 is 2.17 bits per heavy atom. The highest BCUT2D eigenvalue weighted by Crippen LogP contribution is 2.40. The molecule has 4 heteroatoms. The van der Waals surface area contributed by atoms with Gasteiger partial charge in [0.1, 0.15) is 11.5 Å². The molecule has 0 aliphatic rings. The van der Waals surface area contributed by atoms with E-state index in [9.17, 15) is 5.26 Å². The van der Waals surface area contributed by atoms with Gasteiger partial charge in [-0.1, -0.05) is 51.1 Å². The van der Waals surface area contributed by atoms with Gasteiger partial charge in [0.15, 0.2) is 14.4 Å². The zero-order valence-electron chi connectivity index (χ0n) is 15.0. The van der Waals surface area contributed by atoms with Crippen LogP contribution in [0.1, 0.15) is 32.4 Å². The zero-order chi connectivity index (χ0) is 17.8. The topological polar surface area (TPSA) is 42.2 Å².